The molecule has 4 heteroatoms. The van der Waals surface area contributed by atoms with Gasteiger partial charge in [0, 0.05) is 23.7 Å². The summed E-state index contributed by atoms with van der Waals surface area (Å²) in [5.41, 5.74) is 9.13. The molecule has 90 valence electrons. The molecule has 17 heavy (non-hydrogen) atoms. The summed E-state index contributed by atoms with van der Waals surface area (Å²) in [5, 5.41) is 3.37. The number of hydrogen-bond acceptors (Lipinski definition) is 3. The lowest BCUT2D eigenvalue weighted by atomic mass is 10.1. The normalized spacial score (nSPS) is 10.7. The van der Waals surface area contributed by atoms with Crippen LogP contribution in [-0.4, -0.2) is 0 Å². The Morgan fingerprint density at radius 3 is 2.76 bits per heavy atom. The van der Waals surface area contributed by atoms with Crippen molar-refractivity contribution in [3.63, 3.8) is 0 Å². The second kappa shape index (κ2) is 5.54. The summed E-state index contributed by atoms with van der Waals surface area (Å²) in [6.07, 6.45) is 0. The van der Waals surface area contributed by atoms with Gasteiger partial charge in [-0.2, -0.15) is 0 Å². The first-order chi connectivity index (χ1) is 8.15. The summed E-state index contributed by atoms with van der Waals surface area (Å²) in [4.78, 5) is 1.24. The van der Waals surface area contributed by atoms with E-state index in [2.05, 4.69) is 18.3 Å². The maximum Gasteiger partial charge on any atom is 0.0931 e. The Morgan fingerprint density at radius 1 is 1.24 bits per heavy atom. The summed E-state index contributed by atoms with van der Waals surface area (Å²) in [6, 6.07) is 10.1. The van der Waals surface area contributed by atoms with Gasteiger partial charge in [0.25, 0.3) is 0 Å². The predicted octanol–water partition coefficient (Wildman–Crippen LogP) is 3.58. The molecule has 2 aromatic rings. The molecule has 0 saturated carbocycles. The van der Waals surface area contributed by atoms with Crippen molar-refractivity contribution >= 4 is 28.6 Å². The molecule has 3 N–H and O–H groups in total. The number of rotatable bonds is 4. The molecular weight excluding hydrogens is 252 g/mol. The number of hydrogen-bond donors (Lipinski definition) is 2. The van der Waals surface area contributed by atoms with E-state index < -0.39 is 0 Å². The van der Waals surface area contributed by atoms with Crippen LogP contribution in [0.15, 0.2) is 30.3 Å². The zero-order valence-electron chi connectivity index (χ0n) is 9.66. The van der Waals surface area contributed by atoms with Crippen LogP contribution in [0.4, 0.5) is 5.69 Å². The summed E-state index contributed by atoms with van der Waals surface area (Å²) < 4.78 is 0.830. The molecule has 0 aliphatic rings. The molecule has 1 aromatic carbocycles. The Balaban J connectivity index is 1.91. The van der Waals surface area contributed by atoms with Crippen molar-refractivity contribution in [1.82, 2.24) is 5.32 Å². The molecule has 0 aliphatic heterocycles. The second-order valence-corrected chi connectivity index (χ2v) is 5.81. The molecule has 1 aromatic heterocycles. The fraction of sp³-hybridized carbons (Fsp3) is 0.231. The van der Waals surface area contributed by atoms with Crippen LogP contribution in [0.3, 0.4) is 0 Å². The van der Waals surface area contributed by atoms with Gasteiger partial charge in [0.1, 0.15) is 0 Å². The van der Waals surface area contributed by atoms with Crippen molar-refractivity contribution in [3.05, 3.63) is 50.7 Å². The van der Waals surface area contributed by atoms with Gasteiger partial charge < -0.3 is 11.1 Å². The van der Waals surface area contributed by atoms with Gasteiger partial charge >= 0.3 is 0 Å². The first kappa shape index (κ1) is 12.4. The van der Waals surface area contributed by atoms with Crippen molar-refractivity contribution in [1.29, 1.82) is 0 Å². The third-order valence-corrected chi connectivity index (χ3v) is 3.77. The molecule has 2 nitrogen and oxygen atoms in total. The highest BCUT2D eigenvalue weighted by molar-refractivity contribution is 7.16. The minimum atomic E-state index is 0.781. The van der Waals surface area contributed by atoms with E-state index in [0.717, 1.165) is 28.7 Å². The van der Waals surface area contributed by atoms with E-state index in [1.165, 1.54) is 10.4 Å². The fourth-order valence-corrected chi connectivity index (χ4v) is 2.71. The Kier molecular flexibility index (Phi) is 4.05. The lowest BCUT2D eigenvalue weighted by molar-refractivity contribution is 0.702. The highest BCUT2D eigenvalue weighted by Crippen LogP contribution is 2.21. The third kappa shape index (κ3) is 3.46. The second-order valence-electron chi connectivity index (χ2n) is 4.01. The summed E-state index contributed by atoms with van der Waals surface area (Å²) >= 11 is 7.47. The molecule has 0 amide bonds. The van der Waals surface area contributed by atoms with Crippen LogP contribution in [0.2, 0.25) is 4.34 Å². The number of nitrogens with one attached hydrogen (secondary N) is 1. The number of benzene rings is 1. The van der Waals surface area contributed by atoms with Gasteiger partial charge in [-0.1, -0.05) is 29.3 Å². The molecule has 1 heterocycles. The third-order valence-electron chi connectivity index (χ3n) is 2.54. The Bertz CT molecular complexity index is 508. The molecule has 2 rings (SSSR count). The molecule has 0 atom stereocenters. The van der Waals surface area contributed by atoms with Crippen molar-refractivity contribution in [2.24, 2.45) is 0 Å². The van der Waals surface area contributed by atoms with Crippen molar-refractivity contribution < 1.29 is 0 Å². The zero-order valence-corrected chi connectivity index (χ0v) is 11.2. The van der Waals surface area contributed by atoms with E-state index in [1.807, 2.05) is 24.3 Å². The minimum absolute atomic E-state index is 0.781. The van der Waals surface area contributed by atoms with Gasteiger partial charge in [0.05, 0.1) is 4.34 Å². The molecule has 0 bridgehead atoms. The zero-order chi connectivity index (χ0) is 12.3. The van der Waals surface area contributed by atoms with Crippen LogP contribution >= 0.6 is 22.9 Å². The highest BCUT2D eigenvalue weighted by Gasteiger charge is 2.01. The maximum atomic E-state index is 5.91. The Hall–Kier alpha value is -1.03. The van der Waals surface area contributed by atoms with Gasteiger partial charge in [-0.25, -0.2) is 0 Å². The molecule has 0 radical (unpaired) electrons. The van der Waals surface area contributed by atoms with E-state index in [9.17, 15) is 0 Å². The van der Waals surface area contributed by atoms with Crippen LogP contribution in [0.1, 0.15) is 16.0 Å². The monoisotopic (exact) mass is 266 g/mol. The SMILES string of the molecule is Cc1ccc(N)c(CNCc2ccc(Cl)s2)c1. The quantitative estimate of drug-likeness (QED) is 0.830. The van der Waals surface area contributed by atoms with Crippen molar-refractivity contribution in [2.75, 3.05) is 5.73 Å². The van der Waals surface area contributed by atoms with Crippen LogP contribution < -0.4 is 11.1 Å². The van der Waals surface area contributed by atoms with E-state index in [4.69, 9.17) is 17.3 Å². The highest BCUT2D eigenvalue weighted by atomic mass is 35.5. The van der Waals surface area contributed by atoms with Gasteiger partial charge in [0.2, 0.25) is 0 Å². The van der Waals surface area contributed by atoms with Crippen molar-refractivity contribution in [3.8, 4) is 0 Å². The Morgan fingerprint density at radius 2 is 2.06 bits per heavy atom. The van der Waals surface area contributed by atoms with Gasteiger partial charge in [0.15, 0.2) is 0 Å². The lowest BCUT2D eigenvalue weighted by Gasteiger charge is -2.07. The van der Waals surface area contributed by atoms with Gasteiger partial charge in [-0.05, 0) is 30.7 Å². The van der Waals surface area contributed by atoms with Gasteiger partial charge in [-0.15, -0.1) is 11.3 Å². The first-order valence-electron chi connectivity index (χ1n) is 5.45. The standard InChI is InChI=1S/C13H15ClN2S/c1-9-2-4-12(15)10(6-9)7-16-8-11-3-5-13(14)17-11/h2-6,16H,7-8,15H2,1H3. The number of halogens is 1. The number of aryl methyl sites for hydroxylation is 1. The van der Waals surface area contributed by atoms with Crippen LogP contribution in [0, 0.1) is 6.92 Å². The first-order valence-corrected chi connectivity index (χ1v) is 6.64. The van der Waals surface area contributed by atoms with Crippen LogP contribution in [-0.2, 0) is 13.1 Å². The lowest BCUT2D eigenvalue weighted by Crippen LogP contribution is -2.13. The molecule has 0 saturated heterocycles. The molecule has 0 unspecified atom stereocenters. The van der Waals surface area contributed by atoms with E-state index in [-0.39, 0.29) is 0 Å². The average molecular weight is 267 g/mol. The topological polar surface area (TPSA) is 38.0 Å². The van der Waals surface area contributed by atoms with Crippen LogP contribution in [0.5, 0.6) is 0 Å². The summed E-state index contributed by atoms with van der Waals surface area (Å²) in [5.74, 6) is 0. The summed E-state index contributed by atoms with van der Waals surface area (Å²) in [6.45, 7) is 3.68. The number of nitrogens with two attached hydrogens (primary N) is 1. The molecule has 0 spiro atoms. The minimum Gasteiger partial charge on any atom is -0.398 e. The van der Waals surface area contributed by atoms with Crippen LogP contribution in [0.25, 0.3) is 0 Å². The number of anilines is 1. The fourth-order valence-electron chi connectivity index (χ4n) is 1.65. The average Bonchev–Trinajstić information content (AvgIpc) is 2.69. The van der Waals surface area contributed by atoms with E-state index in [0.29, 0.717) is 0 Å². The smallest absolute Gasteiger partial charge is 0.0931 e. The molecular formula is C13H15ClN2S. The number of nitrogen functional groups attached to an aromatic ring is 1. The summed E-state index contributed by atoms with van der Waals surface area (Å²) in [7, 11) is 0. The molecule has 0 fully saturated rings. The maximum absolute atomic E-state index is 5.91. The van der Waals surface area contributed by atoms with E-state index >= 15 is 0 Å². The Labute approximate surface area is 110 Å². The van der Waals surface area contributed by atoms with Gasteiger partial charge in [-0.3, -0.25) is 0 Å². The predicted molar refractivity (Wildman–Crippen MR) is 75.5 cm³/mol. The van der Waals surface area contributed by atoms with E-state index in [1.54, 1.807) is 11.3 Å². The largest absolute Gasteiger partial charge is 0.398 e. The number of thiophene rings is 1. The van der Waals surface area contributed by atoms with Crippen molar-refractivity contribution in [2.45, 2.75) is 20.0 Å². The molecule has 0 aliphatic carbocycles.